The van der Waals surface area contributed by atoms with Crippen molar-refractivity contribution in [3.05, 3.63) is 111 Å². The molecule has 1 atom stereocenters. The molecule has 0 bridgehead atoms. The molecule has 7 heterocycles. The smallest absolute Gasteiger partial charge is 0.329 e. The Morgan fingerprint density at radius 3 is 2.45 bits per heavy atom. The van der Waals surface area contributed by atoms with Crippen molar-refractivity contribution in [1.29, 1.82) is 0 Å². The molecule has 3 amide bonds. The lowest BCUT2D eigenvalue weighted by Crippen LogP contribution is -2.44. The van der Waals surface area contributed by atoms with Gasteiger partial charge in [0.15, 0.2) is 5.82 Å². The number of imidazole rings is 1. The summed E-state index contributed by atoms with van der Waals surface area (Å²) in [5.74, 6) is 0.0170. The Bertz CT molecular complexity index is 2910. The van der Waals surface area contributed by atoms with E-state index in [0.717, 1.165) is 91.3 Å². The minimum absolute atomic E-state index is 0.0162. The number of hydrogen-bond acceptors (Lipinski definition) is 9. The fraction of sp³-hybridized carbons (Fsp3) is 0.429. The van der Waals surface area contributed by atoms with Crippen LogP contribution >= 0.6 is 0 Å². The summed E-state index contributed by atoms with van der Waals surface area (Å²) in [7, 11) is 3.48. The van der Waals surface area contributed by atoms with Crippen molar-refractivity contribution in [2.24, 2.45) is 14.1 Å². The number of halogens is 2. The Morgan fingerprint density at radius 1 is 0.939 bits per heavy atom. The average molecular weight is 900 g/mol. The summed E-state index contributed by atoms with van der Waals surface area (Å²) in [6.07, 6.45) is 6.33. The normalized spacial score (nSPS) is 18.2. The maximum Gasteiger partial charge on any atom is 0.329 e. The predicted molar refractivity (Wildman–Crippen MR) is 247 cm³/mol. The highest BCUT2D eigenvalue weighted by Crippen LogP contribution is 2.44. The van der Waals surface area contributed by atoms with E-state index in [9.17, 15) is 28.0 Å². The fourth-order valence-electron chi connectivity index (χ4n) is 10.6. The molecule has 2 N–H and O–H groups in total. The van der Waals surface area contributed by atoms with E-state index < -0.39 is 18.4 Å². The first-order valence-electron chi connectivity index (χ1n) is 23.1. The second kappa shape index (κ2) is 17.6. The number of piperidine rings is 2. The van der Waals surface area contributed by atoms with Crippen molar-refractivity contribution < 1.29 is 23.2 Å². The summed E-state index contributed by atoms with van der Waals surface area (Å²) in [5.41, 5.74) is 9.27. The first-order chi connectivity index (χ1) is 31.9. The molecule has 0 radical (unpaired) electrons. The van der Waals surface area contributed by atoms with Crippen LogP contribution in [-0.4, -0.2) is 88.9 Å². The predicted octanol–water partition coefficient (Wildman–Crippen LogP) is 6.33. The van der Waals surface area contributed by atoms with Crippen molar-refractivity contribution in [1.82, 2.24) is 43.8 Å². The second-order valence-corrected chi connectivity index (χ2v) is 18.3. The number of likely N-dealkylation sites (tertiary alicyclic amines) is 1. The molecule has 3 aromatic heterocycles. The monoisotopic (exact) mass is 899 g/mol. The van der Waals surface area contributed by atoms with Crippen LogP contribution in [0.5, 0.6) is 0 Å². The van der Waals surface area contributed by atoms with Gasteiger partial charge in [-0.2, -0.15) is 10.2 Å². The summed E-state index contributed by atoms with van der Waals surface area (Å²) in [6.45, 7) is 6.66. The number of nitrogens with one attached hydrogen (secondary N) is 2. The van der Waals surface area contributed by atoms with Gasteiger partial charge in [-0.1, -0.05) is 30.3 Å². The van der Waals surface area contributed by atoms with Crippen LogP contribution in [-0.2, 0) is 60.8 Å². The van der Waals surface area contributed by atoms with Crippen molar-refractivity contribution in [2.45, 2.75) is 89.9 Å². The fourth-order valence-corrected chi connectivity index (χ4v) is 10.6. The molecule has 66 heavy (non-hydrogen) atoms. The topological polar surface area (TPSA) is 148 Å². The number of aryl methyl sites for hydroxylation is 3. The van der Waals surface area contributed by atoms with Crippen molar-refractivity contribution in [3.8, 4) is 11.1 Å². The van der Waals surface area contributed by atoms with Crippen LogP contribution in [0.3, 0.4) is 0 Å². The molecule has 2 fully saturated rings. The molecule has 2 saturated heterocycles. The number of rotatable bonds is 11. The van der Waals surface area contributed by atoms with Crippen molar-refractivity contribution in [3.63, 3.8) is 0 Å². The number of aromatic nitrogens is 6. The highest BCUT2D eigenvalue weighted by atomic mass is 19.3. The molecular weight excluding hydrogens is 845 g/mol. The van der Waals surface area contributed by atoms with E-state index in [1.807, 2.05) is 29.2 Å². The number of fused-ring (bicyclic) bond motifs is 3. The van der Waals surface area contributed by atoms with E-state index in [4.69, 9.17) is 5.10 Å². The van der Waals surface area contributed by atoms with Crippen LogP contribution in [0.2, 0.25) is 0 Å². The molecule has 0 spiro atoms. The third kappa shape index (κ3) is 8.07. The molecule has 3 aromatic carbocycles. The quantitative estimate of drug-likeness (QED) is 0.143. The minimum atomic E-state index is -2.66. The Kier molecular flexibility index (Phi) is 11.6. The van der Waals surface area contributed by atoms with Crippen LogP contribution < -0.4 is 21.2 Å². The molecule has 0 aliphatic carbocycles. The third-order valence-electron chi connectivity index (χ3n) is 14.1. The molecule has 1 unspecified atom stereocenters. The zero-order valence-corrected chi connectivity index (χ0v) is 37.6. The van der Waals surface area contributed by atoms with Crippen LogP contribution in [0.4, 0.5) is 26.0 Å². The van der Waals surface area contributed by atoms with Gasteiger partial charge in [-0.3, -0.25) is 38.2 Å². The maximum absolute atomic E-state index is 14.7. The summed E-state index contributed by atoms with van der Waals surface area (Å²) < 4.78 is 36.4. The van der Waals surface area contributed by atoms with E-state index in [0.29, 0.717) is 54.8 Å². The lowest BCUT2D eigenvalue weighted by molar-refractivity contribution is -0.135. The Balaban J connectivity index is 0.798. The number of nitrogens with zero attached hydrogens (tertiary/aromatic N) is 9. The molecule has 15 nitrogen and oxygen atoms in total. The first kappa shape index (κ1) is 43.3. The van der Waals surface area contributed by atoms with Gasteiger partial charge in [0.2, 0.25) is 17.7 Å². The molecule has 4 aliphatic rings. The maximum atomic E-state index is 14.7. The lowest BCUT2D eigenvalue weighted by Gasteiger charge is -2.34. The summed E-state index contributed by atoms with van der Waals surface area (Å²) in [4.78, 5) is 57.0. The zero-order valence-electron chi connectivity index (χ0n) is 37.6. The van der Waals surface area contributed by atoms with Gasteiger partial charge < -0.3 is 20.0 Å². The van der Waals surface area contributed by atoms with Gasteiger partial charge in [0, 0.05) is 107 Å². The van der Waals surface area contributed by atoms with E-state index >= 15 is 0 Å². The summed E-state index contributed by atoms with van der Waals surface area (Å²) >= 11 is 0. The SMILES string of the molecule is CC(=O)N1CCc2c(c(N3CCCc4cc(-c5cnn(C)c5)c(C(F)F)cc43)nn2C2CCN(CCc3ccc(CNc4cccc5c4n(C)c(=O)n5C4CCC(=O)NC4=O)cc3)CC2)C1. The van der Waals surface area contributed by atoms with Crippen LogP contribution in [0.15, 0.2) is 71.8 Å². The van der Waals surface area contributed by atoms with E-state index in [2.05, 4.69) is 54.5 Å². The average Bonchev–Trinajstić information content (AvgIpc) is 4.00. The first-order valence-corrected chi connectivity index (χ1v) is 23.1. The van der Waals surface area contributed by atoms with Crippen LogP contribution in [0, 0.1) is 0 Å². The Labute approximate surface area is 380 Å². The number of alkyl halides is 2. The number of para-hydroxylation sites is 1. The largest absolute Gasteiger partial charge is 0.379 e. The lowest BCUT2D eigenvalue weighted by atomic mass is 9.92. The number of carbonyl (C=O) groups is 3. The molecule has 344 valence electrons. The number of anilines is 3. The standard InChI is InChI=1S/C49H55F2N11O4/c1-30(63)59-23-18-40-38(29-59)47(60-19-5-6-33-24-36(34-27-53-56(2)28-34)37(46(50)51)25-43(33)60)55-62(40)35-16-21-58(22-17-35)20-15-31-9-11-32(12-10-31)26-52-39-7-4-8-41-45(39)57(3)49(66)61(41)42-13-14-44(64)54-48(42)65/h4,7-12,24-25,27-28,35,42,46,52H,5-6,13-23,26,29H2,1-3H3,(H,54,64,65). The van der Waals surface area contributed by atoms with Gasteiger partial charge in [0.1, 0.15) is 6.04 Å². The number of imide groups is 1. The molecule has 17 heteroatoms. The number of benzene rings is 3. The zero-order chi connectivity index (χ0) is 45.8. The highest BCUT2D eigenvalue weighted by molar-refractivity contribution is 6.00. The Morgan fingerprint density at radius 2 is 1.73 bits per heavy atom. The van der Waals surface area contributed by atoms with Crippen LogP contribution in [0.25, 0.3) is 22.2 Å². The molecule has 6 aromatic rings. The molecular formula is C49H55F2N11O4. The van der Waals surface area contributed by atoms with E-state index in [1.165, 1.54) is 10.1 Å². The minimum Gasteiger partial charge on any atom is -0.379 e. The van der Waals surface area contributed by atoms with E-state index in [1.54, 1.807) is 48.7 Å². The van der Waals surface area contributed by atoms with Gasteiger partial charge in [-0.25, -0.2) is 13.6 Å². The second-order valence-electron chi connectivity index (χ2n) is 18.3. The van der Waals surface area contributed by atoms with Gasteiger partial charge >= 0.3 is 5.69 Å². The number of amides is 3. The Hall–Kier alpha value is -6.62. The number of carbonyl (C=O) groups excluding carboxylic acids is 3. The summed E-state index contributed by atoms with van der Waals surface area (Å²) in [5, 5.41) is 15.5. The molecule has 10 rings (SSSR count). The van der Waals surface area contributed by atoms with Gasteiger partial charge in [-0.15, -0.1) is 0 Å². The summed E-state index contributed by atoms with van der Waals surface area (Å²) in [6, 6.07) is 17.2. The van der Waals surface area contributed by atoms with Crippen molar-refractivity contribution in [2.75, 3.05) is 42.9 Å². The van der Waals surface area contributed by atoms with Gasteiger partial charge in [0.05, 0.1) is 35.5 Å². The van der Waals surface area contributed by atoms with Crippen LogP contribution in [0.1, 0.15) is 91.0 Å². The van der Waals surface area contributed by atoms with E-state index in [-0.39, 0.29) is 42.0 Å². The van der Waals surface area contributed by atoms with Crippen molar-refractivity contribution >= 4 is 45.9 Å². The molecule has 0 saturated carbocycles. The highest BCUT2D eigenvalue weighted by Gasteiger charge is 2.35. The van der Waals surface area contributed by atoms with Gasteiger partial charge in [-0.05, 0) is 85.0 Å². The van der Waals surface area contributed by atoms with Gasteiger partial charge in [0.25, 0.3) is 6.43 Å². The third-order valence-corrected chi connectivity index (χ3v) is 14.1. The molecule has 4 aliphatic heterocycles. The number of hydrogen-bond donors (Lipinski definition) is 2.